The van der Waals surface area contributed by atoms with Gasteiger partial charge in [0, 0.05) is 18.3 Å². The van der Waals surface area contributed by atoms with Crippen molar-refractivity contribution < 1.29 is 23.8 Å². The van der Waals surface area contributed by atoms with E-state index >= 15 is 0 Å². The summed E-state index contributed by atoms with van der Waals surface area (Å²) in [6.45, 7) is 0.265. The molecule has 0 aromatic heterocycles. The van der Waals surface area contributed by atoms with Crippen LogP contribution in [-0.2, 0) is 24.6 Å². The Morgan fingerprint density at radius 1 is 0.667 bits per heavy atom. The maximum absolute atomic E-state index is 13.5. The summed E-state index contributed by atoms with van der Waals surface area (Å²) in [5.74, 6) is -0.937. The zero-order chi connectivity index (χ0) is 30.6. The van der Waals surface area contributed by atoms with Crippen molar-refractivity contribution in [1.82, 2.24) is 0 Å². The van der Waals surface area contributed by atoms with Crippen molar-refractivity contribution in [3.63, 3.8) is 0 Å². The van der Waals surface area contributed by atoms with Crippen LogP contribution < -0.4 is 0 Å². The standard InChI is InChI=1S/C40H34O5/c41-38-25-34-35(37(26-36(34)44-38)45-39(42)30-23-21-29(22-24-30)28-13-5-1-6-14-28)27-43-40(31-15-7-2-8-16-31,32-17-9-3-10-18-32)33-19-11-4-12-20-33/h1-24,34-37H,25-27H2/t34-,35+,36-,37-/m1/s1. The second-order valence-electron chi connectivity index (χ2n) is 11.8. The van der Waals surface area contributed by atoms with Gasteiger partial charge in [-0.05, 0) is 39.9 Å². The van der Waals surface area contributed by atoms with E-state index < -0.39 is 17.7 Å². The van der Waals surface area contributed by atoms with Gasteiger partial charge in [0.15, 0.2) is 0 Å². The predicted octanol–water partition coefficient (Wildman–Crippen LogP) is 7.84. The molecule has 224 valence electrons. The second kappa shape index (κ2) is 12.5. The molecule has 5 aromatic rings. The lowest BCUT2D eigenvalue weighted by Crippen LogP contribution is -2.38. The molecule has 1 aliphatic carbocycles. The van der Waals surface area contributed by atoms with Crippen molar-refractivity contribution >= 4 is 11.9 Å². The minimum absolute atomic E-state index is 0.101. The number of esters is 2. The molecule has 5 aromatic carbocycles. The van der Waals surface area contributed by atoms with Crippen LogP contribution in [0.5, 0.6) is 0 Å². The number of rotatable bonds is 9. The van der Waals surface area contributed by atoms with Gasteiger partial charge in [0.2, 0.25) is 0 Å². The molecule has 0 N–H and O–H groups in total. The van der Waals surface area contributed by atoms with Gasteiger partial charge >= 0.3 is 11.9 Å². The monoisotopic (exact) mass is 594 g/mol. The Balaban J connectivity index is 1.19. The second-order valence-corrected chi connectivity index (χ2v) is 11.8. The first kappa shape index (κ1) is 28.8. The summed E-state index contributed by atoms with van der Waals surface area (Å²) in [6, 6.07) is 48.1. The SMILES string of the molecule is O=C1C[C@@H]2[C@H](COC(c3ccccc3)(c3ccccc3)c3ccccc3)[C@H](OC(=O)c3ccc(-c4ccccc4)cc3)C[C@H]2O1. The molecule has 2 fully saturated rings. The molecule has 0 bridgehead atoms. The zero-order valence-corrected chi connectivity index (χ0v) is 24.8. The highest BCUT2D eigenvalue weighted by Gasteiger charge is 2.53. The van der Waals surface area contributed by atoms with Gasteiger partial charge in [0.05, 0.1) is 18.6 Å². The summed E-state index contributed by atoms with van der Waals surface area (Å²) in [7, 11) is 0. The summed E-state index contributed by atoms with van der Waals surface area (Å²) < 4.78 is 19.0. The van der Waals surface area contributed by atoms with E-state index in [9.17, 15) is 9.59 Å². The Kier molecular flexibility index (Phi) is 8.02. The lowest BCUT2D eigenvalue weighted by molar-refractivity contribution is -0.141. The molecule has 1 heterocycles. The van der Waals surface area contributed by atoms with Crippen molar-refractivity contribution in [2.45, 2.75) is 30.7 Å². The van der Waals surface area contributed by atoms with Crippen molar-refractivity contribution in [2.75, 3.05) is 6.61 Å². The third-order valence-electron chi connectivity index (χ3n) is 9.17. The third kappa shape index (κ3) is 5.67. The molecule has 0 spiro atoms. The normalized spacial score (nSPS) is 20.8. The third-order valence-corrected chi connectivity index (χ3v) is 9.17. The quantitative estimate of drug-likeness (QED) is 0.129. The topological polar surface area (TPSA) is 61.8 Å². The van der Waals surface area contributed by atoms with E-state index in [0.717, 1.165) is 27.8 Å². The fourth-order valence-corrected chi connectivity index (χ4v) is 6.95. The van der Waals surface area contributed by atoms with Crippen molar-refractivity contribution in [2.24, 2.45) is 11.8 Å². The number of benzene rings is 5. The molecular weight excluding hydrogens is 560 g/mol. The molecule has 0 radical (unpaired) electrons. The smallest absolute Gasteiger partial charge is 0.338 e. The Bertz CT molecular complexity index is 1640. The highest BCUT2D eigenvalue weighted by atomic mass is 16.6. The average Bonchev–Trinajstić information content (AvgIpc) is 3.62. The van der Waals surface area contributed by atoms with Crippen molar-refractivity contribution in [3.05, 3.63) is 168 Å². The van der Waals surface area contributed by atoms with E-state index in [4.69, 9.17) is 14.2 Å². The molecule has 5 heteroatoms. The average molecular weight is 595 g/mol. The number of carbonyl (C=O) groups excluding carboxylic acids is 2. The molecular formula is C40H34O5. The summed E-state index contributed by atoms with van der Waals surface area (Å²) in [6.07, 6.45) is -0.0285. The van der Waals surface area contributed by atoms with Gasteiger partial charge in [-0.25, -0.2) is 4.79 Å². The van der Waals surface area contributed by atoms with E-state index in [1.807, 2.05) is 97.1 Å². The van der Waals surface area contributed by atoms with Crippen LogP contribution in [0.2, 0.25) is 0 Å². The first-order valence-electron chi connectivity index (χ1n) is 15.5. The fourth-order valence-electron chi connectivity index (χ4n) is 6.95. The zero-order valence-electron chi connectivity index (χ0n) is 24.8. The molecule has 0 amide bonds. The van der Waals surface area contributed by atoms with E-state index in [2.05, 4.69) is 36.4 Å². The van der Waals surface area contributed by atoms with E-state index in [1.165, 1.54) is 0 Å². The van der Waals surface area contributed by atoms with Gasteiger partial charge in [-0.3, -0.25) is 4.79 Å². The molecule has 1 saturated heterocycles. The number of fused-ring (bicyclic) bond motifs is 1. The first-order chi connectivity index (χ1) is 22.1. The van der Waals surface area contributed by atoms with E-state index in [0.29, 0.717) is 12.0 Å². The Hall–Kier alpha value is -5.00. The molecule has 45 heavy (non-hydrogen) atoms. The van der Waals surface area contributed by atoms with Gasteiger partial charge in [-0.15, -0.1) is 0 Å². The number of hydrogen-bond donors (Lipinski definition) is 0. The van der Waals surface area contributed by atoms with E-state index in [-0.39, 0.29) is 36.9 Å². The number of ether oxygens (including phenoxy) is 3. The summed E-state index contributed by atoms with van der Waals surface area (Å²) in [5.41, 5.74) is 4.63. The predicted molar refractivity (Wildman–Crippen MR) is 172 cm³/mol. The molecule has 7 rings (SSSR count). The number of hydrogen-bond acceptors (Lipinski definition) is 5. The van der Waals surface area contributed by atoms with Gasteiger partial charge in [-0.1, -0.05) is 133 Å². The van der Waals surface area contributed by atoms with Gasteiger partial charge in [-0.2, -0.15) is 0 Å². The molecule has 1 saturated carbocycles. The lowest BCUT2D eigenvalue weighted by Gasteiger charge is -2.38. The Morgan fingerprint density at radius 2 is 1.16 bits per heavy atom. The molecule has 1 aliphatic heterocycles. The molecule has 4 atom stereocenters. The van der Waals surface area contributed by atoms with Crippen LogP contribution in [0.15, 0.2) is 146 Å². The highest BCUT2D eigenvalue weighted by Crippen LogP contribution is 2.46. The molecule has 2 aliphatic rings. The molecule has 0 unspecified atom stereocenters. The van der Waals surface area contributed by atoms with Crippen LogP contribution in [0, 0.1) is 11.8 Å². The van der Waals surface area contributed by atoms with Crippen molar-refractivity contribution in [3.8, 4) is 11.1 Å². The van der Waals surface area contributed by atoms with Gasteiger partial charge in [0.25, 0.3) is 0 Å². The van der Waals surface area contributed by atoms with Crippen molar-refractivity contribution in [1.29, 1.82) is 0 Å². The summed E-state index contributed by atoms with van der Waals surface area (Å²) >= 11 is 0. The van der Waals surface area contributed by atoms with Crippen LogP contribution in [0.25, 0.3) is 11.1 Å². The number of carbonyl (C=O) groups is 2. The minimum atomic E-state index is -0.923. The van der Waals surface area contributed by atoms with Crippen LogP contribution in [0.3, 0.4) is 0 Å². The lowest BCUT2D eigenvalue weighted by atomic mass is 9.79. The molecule has 5 nitrogen and oxygen atoms in total. The summed E-state index contributed by atoms with van der Waals surface area (Å²) in [4.78, 5) is 25.9. The van der Waals surface area contributed by atoms with Gasteiger partial charge < -0.3 is 14.2 Å². The maximum Gasteiger partial charge on any atom is 0.338 e. The minimum Gasteiger partial charge on any atom is -0.462 e. The first-order valence-corrected chi connectivity index (χ1v) is 15.5. The van der Waals surface area contributed by atoms with E-state index in [1.54, 1.807) is 12.1 Å². The largest absolute Gasteiger partial charge is 0.462 e. The van der Waals surface area contributed by atoms with Crippen LogP contribution >= 0.6 is 0 Å². The maximum atomic E-state index is 13.5. The van der Waals surface area contributed by atoms with Crippen LogP contribution in [-0.4, -0.2) is 30.8 Å². The highest BCUT2D eigenvalue weighted by molar-refractivity contribution is 5.90. The Morgan fingerprint density at radius 3 is 1.69 bits per heavy atom. The van der Waals surface area contributed by atoms with Crippen LogP contribution in [0.1, 0.15) is 39.9 Å². The Labute approximate surface area is 263 Å². The van der Waals surface area contributed by atoms with Gasteiger partial charge in [0.1, 0.15) is 17.8 Å². The van der Waals surface area contributed by atoms with Crippen LogP contribution in [0.4, 0.5) is 0 Å². The fraction of sp³-hybridized carbons (Fsp3) is 0.200. The summed E-state index contributed by atoms with van der Waals surface area (Å²) in [5, 5.41) is 0.